The standard InChI is InChI=1S/C21H24ClNO3/c1-12-6-7-17-15(9-12)20-14(5-4-8-26-20)19(23-17)13-10-16(22)21(25-3)18(11-13)24-2/h6-7,9-11,14,19-20,23H,4-5,8H2,1-3H3/t14-,19+,20+/m1/s1. The number of anilines is 1. The largest absolute Gasteiger partial charge is 0.493 e. The Morgan fingerprint density at radius 2 is 2.00 bits per heavy atom. The maximum Gasteiger partial charge on any atom is 0.179 e. The van der Waals surface area contributed by atoms with E-state index in [1.807, 2.05) is 12.1 Å². The van der Waals surface area contributed by atoms with Crippen LogP contribution in [0.15, 0.2) is 30.3 Å². The maximum absolute atomic E-state index is 6.46. The van der Waals surface area contributed by atoms with Crippen LogP contribution in [-0.2, 0) is 4.74 Å². The summed E-state index contributed by atoms with van der Waals surface area (Å²) >= 11 is 6.46. The molecule has 2 heterocycles. The fourth-order valence-corrected chi connectivity index (χ4v) is 4.53. The zero-order chi connectivity index (χ0) is 18.3. The van der Waals surface area contributed by atoms with Gasteiger partial charge in [-0.2, -0.15) is 0 Å². The van der Waals surface area contributed by atoms with Crippen LogP contribution in [0.3, 0.4) is 0 Å². The Labute approximate surface area is 159 Å². The number of nitrogens with one attached hydrogen (secondary N) is 1. The minimum absolute atomic E-state index is 0.108. The van der Waals surface area contributed by atoms with Gasteiger partial charge < -0.3 is 19.5 Å². The number of fused-ring (bicyclic) bond motifs is 3. The third-order valence-electron chi connectivity index (χ3n) is 5.44. The van der Waals surface area contributed by atoms with Crippen molar-refractivity contribution in [1.29, 1.82) is 0 Å². The summed E-state index contributed by atoms with van der Waals surface area (Å²) in [5.74, 6) is 1.58. The number of rotatable bonds is 3. The summed E-state index contributed by atoms with van der Waals surface area (Å²) in [6.07, 6.45) is 2.29. The molecule has 0 spiro atoms. The Morgan fingerprint density at radius 3 is 2.77 bits per heavy atom. The van der Waals surface area contributed by atoms with Gasteiger partial charge in [0.1, 0.15) is 0 Å². The molecule has 0 amide bonds. The second kappa shape index (κ2) is 7.01. The second-order valence-electron chi connectivity index (χ2n) is 7.05. The second-order valence-corrected chi connectivity index (χ2v) is 7.46. The molecule has 2 aromatic carbocycles. The summed E-state index contributed by atoms with van der Waals surface area (Å²) in [5.41, 5.74) is 4.75. The minimum atomic E-state index is 0.108. The van der Waals surface area contributed by atoms with Crippen molar-refractivity contribution in [3.63, 3.8) is 0 Å². The van der Waals surface area contributed by atoms with Crippen LogP contribution in [0, 0.1) is 12.8 Å². The van der Waals surface area contributed by atoms with Crippen LogP contribution in [0.2, 0.25) is 5.02 Å². The molecular formula is C21H24ClNO3. The summed E-state index contributed by atoms with van der Waals surface area (Å²) in [6.45, 7) is 2.94. The lowest BCUT2D eigenvalue weighted by Gasteiger charge is -2.43. The molecule has 0 unspecified atom stereocenters. The van der Waals surface area contributed by atoms with Crippen LogP contribution in [0.5, 0.6) is 11.5 Å². The fourth-order valence-electron chi connectivity index (χ4n) is 4.24. The molecule has 138 valence electrons. The van der Waals surface area contributed by atoms with Crippen molar-refractivity contribution in [2.24, 2.45) is 5.92 Å². The molecule has 0 saturated carbocycles. The summed E-state index contributed by atoms with van der Waals surface area (Å²) in [5, 5.41) is 4.28. The predicted octanol–water partition coefficient (Wildman–Crippen LogP) is 5.30. The molecule has 4 nitrogen and oxygen atoms in total. The first kappa shape index (κ1) is 17.5. The Kier molecular flexibility index (Phi) is 4.72. The number of methoxy groups -OCH3 is 2. The topological polar surface area (TPSA) is 39.7 Å². The normalized spacial score (nSPS) is 24.2. The van der Waals surface area contributed by atoms with E-state index in [0.717, 1.165) is 30.7 Å². The van der Waals surface area contributed by atoms with E-state index in [2.05, 4.69) is 30.4 Å². The van der Waals surface area contributed by atoms with E-state index >= 15 is 0 Å². The summed E-state index contributed by atoms with van der Waals surface area (Å²) in [7, 11) is 3.24. The van der Waals surface area contributed by atoms with Crippen LogP contribution in [0.1, 0.15) is 41.7 Å². The molecule has 0 aliphatic carbocycles. The number of halogens is 1. The van der Waals surface area contributed by atoms with Gasteiger partial charge in [-0.05, 0) is 43.5 Å². The maximum atomic E-state index is 6.46. The van der Waals surface area contributed by atoms with E-state index < -0.39 is 0 Å². The molecular weight excluding hydrogens is 350 g/mol. The molecule has 26 heavy (non-hydrogen) atoms. The van der Waals surface area contributed by atoms with Gasteiger partial charge in [0.2, 0.25) is 0 Å². The average molecular weight is 374 g/mol. The molecule has 0 radical (unpaired) electrons. The lowest BCUT2D eigenvalue weighted by Crippen LogP contribution is -2.36. The number of aryl methyl sites for hydroxylation is 1. The summed E-state index contributed by atoms with van der Waals surface area (Å²) in [4.78, 5) is 0. The van der Waals surface area contributed by atoms with Gasteiger partial charge in [-0.1, -0.05) is 29.3 Å². The number of hydrogen-bond donors (Lipinski definition) is 1. The van der Waals surface area contributed by atoms with Crippen molar-refractivity contribution in [2.45, 2.75) is 31.9 Å². The molecule has 2 aliphatic heterocycles. The van der Waals surface area contributed by atoms with E-state index in [-0.39, 0.29) is 12.1 Å². The van der Waals surface area contributed by atoms with Crippen LogP contribution < -0.4 is 14.8 Å². The van der Waals surface area contributed by atoms with Crippen LogP contribution >= 0.6 is 11.6 Å². The molecule has 1 fully saturated rings. The molecule has 5 heteroatoms. The van der Waals surface area contributed by atoms with Crippen molar-refractivity contribution in [1.82, 2.24) is 0 Å². The fraction of sp³-hybridized carbons (Fsp3) is 0.429. The van der Waals surface area contributed by atoms with Crippen molar-refractivity contribution >= 4 is 17.3 Å². The van der Waals surface area contributed by atoms with Crippen LogP contribution in [0.25, 0.3) is 0 Å². The van der Waals surface area contributed by atoms with E-state index in [1.165, 1.54) is 11.1 Å². The zero-order valence-corrected chi connectivity index (χ0v) is 16.1. The molecule has 3 atom stereocenters. The van der Waals surface area contributed by atoms with Crippen molar-refractivity contribution in [2.75, 3.05) is 26.1 Å². The lowest BCUT2D eigenvalue weighted by molar-refractivity contribution is -0.0381. The molecule has 1 N–H and O–H groups in total. The average Bonchev–Trinajstić information content (AvgIpc) is 2.66. The Hall–Kier alpha value is -1.91. The number of benzene rings is 2. The van der Waals surface area contributed by atoms with Crippen molar-refractivity contribution in [3.8, 4) is 11.5 Å². The van der Waals surface area contributed by atoms with Crippen molar-refractivity contribution in [3.05, 3.63) is 52.0 Å². The van der Waals surface area contributed by atoms with Crippen molar-refractivity contribution < 1.29 is 14.2 Å². The summed E-state index contributed by atoms with van der Waals surface area (Å²) in [6, 6.07) is 10.6. The third-order valence-corrected chi connectivity index (χ3v) is 5.72. The van der Waals surface area contributed by atoms with Gasteiger partial charge in [-0.25, -0.2) is 0 Å². The predicted molar refractivity (Wildman–Crippen MR) is 104 cm³/mol. The smallest absolute Gasteiger partial charge is 0.179 e. The SMILES string of the molecule is COc1cc([C@@H]2Nc3ccc(C)cc3[C@H]3OCCC[C@@H]32)cc(Cl)c1OC. The minimum Gasteiger partial charge on any atom is -0.493 e. The highest BCUT2D eigenvalue weighted by atomic mass is 35.5. The van der Waals surface area contributed by atoms with E-state index in [4.69, 9.17) is 25.8 Å². The Morgan fingerprint density at radius 1 is 1.15 bits per heavy atom. The van der Waals surface area contributed by atoms with Crippen LogP contribution in [-0.4, -0.2) is 20.8 Å². The molecule has 2 aliphatic rings. The highest BCUT2D eigenvalue weighted by Crippen LogP contribution is 2.50. The first-order chi connectivity index (χ1) is 12.6. The number of hydrogen-bond acceptors (Lipinski definition) is 4. The molecule has 4 rings (SSSR count). The van der Waals surface area contributed by atoms with Gasteiger partial charge in [0.15, 0.2) is 11.5 Å². The van der Waals surface area contributed by atoms with Gasteiger partial charge in [-0.3, -0.25) is 0 Å². The van der Waals surface area contributed by atoms with Gasteiger partial charge >= 0.3 is 0 Å². The highest BCUT2D eigenvalue weighted by molar-refractivity contribution is 6.32. The number of ether oxygens (including phenoxy) is 3. The van der Waals surface area contributed by atoms with E-state index in [1.54, 1.807) is 14.2 Å². The molecule has 0 aromatic heterocycles. The quantitative estimate of drug-likeness (QED) is 0.792. The molecule has 2 aromatic rings. The molecule has 0 bridgehead atoms. The van der Waals surface area contributed by atoms with Crippen LogP contribution in [0.4, 0.5) is 5.69 Å². The zero-order valence-electron chi connectivity index (χ0n) is 15.3. The highest BCUT2D eigenvalue weighted by Gasteiger charge is 2.40. The summed E-state index contributed by atoms with van der Waals surface area (Å²) < 4.78 is 17.1. The van der Waals surface area contributed by atoms with Gasteiger partial charge in [0.25, 0.3) is 0 Å². The van der Waals surface area contributed by atoms with E-state index in [0.29, 0.717) is 22.4 Å². The lowest BCUT2D eigenvalue weighted by atomic mass is 9.77. The van der Waals surface area contributed by atoms with E-state index in [9.17, 15) is 0 Å². The first-order valence-corrected chi connectivity index (χ1v) is 9.40. The van der Waals surface area contributed by atoms with Gasteiger partial charge in [0.05, 0.1) is 31.4 Å². The Balaban J connectivity index is 1.79. The molecule has 1 saturated heterocycles. The Bertz CT molecular complexity index is 823. The van der Waals surface area contributed by atoms with Gasteiger partial charge in [0, 0.05) is 23.8 Å². The first-order valence-electron chi connectivity index (χ1n) is 9.02. The monoisotopic (exact) mass is 373 g/mol. The third kappa shape index (κ3) is 2.91. The van der Waals surface area contributed by atoms with Gasteiger partial charge in [-0.15, -0.1) is 0 Å².